The lowest BCUT2D eigenvalue weighted by atomic mass is 10.2. The van der Waals surface area contributed by atoms with Crippen LogP contribution < -0.4 is 16.6 Å². The van der Waals surface area contributed by atoms with E-state index in [0.717, 1.165) is 23.9 Å². The molecule has 1 fully saturated rings. The lowest BCUT2D eigenvalue weighted by Gasteiger charge is -2.26. The first-order chi connectivity index (χ1) is 13.1. The van der Waals surface area contributed by atoms with Crippen LogP contribution in [-0.4, -0.2) is 59.8 Å². The smallest absolute Gasteiger partial charge is 0.328 e. The number of hydrogen-bond donors (Lipinski definition) is 2. The third kappa shape index (κ3) is 4.69. The molecule has 9 heteroatoms. The van der Waals surface area contributed by atoms with Gasteiger partial charge in [0.05, 0.1) is 19.8 Å². The van der Waals surface area contributed by atoms with Gasteiger partial charge < -0.3 is 15.0 Å². The van der Waals surface area contributed by atoms with E-state index in [4.69, 9.17) is 4.74 Å². The molecule has 144 valence electrons. The Labute approximate surface area is 154 Å². The van der Waals surface area contributed by atoms with Gasteiger partial charge in [-0.1, -0.05) is 18.2 Å². The van der Waals surface area contributed by atoms with Gasteiger partial charge >= 0.3 is 5.69 Å². The van der Waals surface area contributed by atoms with E-state index in [1.165, 1.54) is 18.2 Å². The van der Waals surface area contributed by atoms with E-state index in [1.54, 1.807) is 6.07 Å². The van der Waals surface area contributed by atoms with Crippen molar-refractivity contribution in [3.8, 4) is 0 Å². The van der Waals surface area contributed by atoms with Gasteiger partial charge in [0.1, 0.15) is 11.4 Å². The summed E-state index contributed by atoms with van der Waals surface area (Å²) in [7, 11) is 0. The number of aromatic nitrogens is 2. The van der Waals surface area contributed by atoms with Crippen molar-refractivity contribution in [2.45, 2.75) is 6.54 Å². The molecule has 1 aromatic heterocycles. The molecule has 1 aliphatic heterocycles. The molecule has 2 heterocycles. The highest BCUT2D eigenvalue weighted by molar-refractivity contribution is 5.93. The molecule has 0 saturated carbocycles. The summed E-state index contributed by atoms with van der Waals surface area (Å²) in [4.78, 5) is 41.4. The Morgan fingerprint density at radius 3 is 2.70 bits per heavy atom. The minimum atomic E-state index is -0.758. The molecule has 3 rings (SSSR count). The van der Waals surface area contributed by atoms with E-state index in [-0.39, 0.29) is 17.7 Å². The van der Waals surface area contributed by atoms with Crippen LogP contribution in [0.5, 0.6) is 0 Å². The molecule has 1 saturated heterocycles. The third-order valence-electron chi connectivity index (χ3n) is 4.41. The molecular formula is C18H21FN4O4. The predicted octanol–water partition coefficient (Wildman–Crippen LogP) is -0.214. The number of aromatic amines is 1. The number of nitrogens with one attached hydrogen (secondary N) is 2. The summed E-state index contributed by atoms with van der Waals surface area (Å²) in [6.07, 6.45) is 1.09. The number of nitrogens with zero attached hydrogens (tertiary/aromatic N) is 2. The number of carbonyl (C=O) groups excluding carboxylic acids is 1. The summed E-state index contributed by atoms with van der Waals surface area (Å²) in [5.41, 5.74) is -1.46. The van der Waals surface area contributed by atoms with Crippen LogP contribution in [0.3, 0.4) is 0 Å². The minimum Gasteiger partial charge on any atom is -0.379 e. The first-order valence-corrected chi connectivity index (χ1v) is 8.70. The number of amides is 1. The molecule has 8 nitrogen and oxygen atoms in total. The van der Waals surface area contributed by atoms with Gasteiger partial charge in [0, 0.05) is 37.9 Å². The van der Waals surface area contributed by atoms with Gasteiger partial charge in [0.2, 0.25) is 0 Å². The quantitative estimate of drug-likeness (QED) is 0.727. The molecule has 0 radical (unpaired) electrons. The van der Waals surface area contributed by atoms with Crippen LogP contribution in [0.25, 0.3) is 0 Å². The van der Waals surface area contributed by atoms with Crippen LogP contribution in [0, 0.1) is 5.82 Å². The second-order valence-electron chi connectivity index (χ2n) is 6.20. The van der Waals surface area contributed by atoms with Gasteiger partial charge in [-0.05, 0) is 6.07 Å². The maximum absolute atomic E-state index is 13.8. The number of carbonyl (C=O) groups is 1. The lowest BCUT2D eigenvalue weighted by Crippen LogP contribution is -2.44. The molecule has 0 spiro atoms. The van der Waals surface area contributed by atoms with Gasteiger partial charge in [0.25, 0.3) is 11.5 Å². The second kappa shape index (κ2) is 8.74. The standard InChI is InChI=1S/C18H21FN4O4/c19-15-4-2-1-3-13(15)12-23-17(25)14(11-21-18(23)26)16(24)20-5-6-22-7-9-27-10-8-22/h1-4,11H,5-10,12H2,(H,20,24)(H,21,26). The summed E-state index contributed by atoms with van der Waals surface area (Å²) in [6, 6.07) is 5.86. The second-order valence-corrected chi connectivity index (χ2v) is 6.20. The number of hydrogen-bond acceptors (Lipinski definition) is 5. The molecule has 0 bridgehead atoms. The average molecular weight is 376 g/mol. The van der Waals surface area contributed by atoms with Crippen molar-refractivity contribution in [1.82, 2.24) is 19.8 Å². The van der Waals surface area contributed by atoms with E-state index >= 15 is 0 Å². The van der Waals surface area contributed by atoms with Crippen molar-refractivity contribution in [3.63, 3.8) is 0 Å². The van der Waals surface area contributed by atoms with Gasteiger partial charge in [-0.2, -0.15) is 0 Å². The molecule has 1 aliphatic rings. The predicted molar refractivity (Wildman–Crippen MR) is 96.4 cm³/mol. The monoisotopic (exact) mass is 376 g/mol. The number of H-pyrrole nitrogens is 1. The van der Waals surface area contributed by atoms with E-state index in [0.29, 0.717) is 26.3 Å². The van der Waals surface area contributed by atoms with Crippen LogP contribution in [0.4, 0.5) is 4.39 Å². The Kier molecular flexibility index (Phi) is 6.15. The summed E-state index contributed by atoms with van der Waals surface area (Å²) >= 11 is 0. The van der Waals surface area contributed by atoms with Crippen molar-refractivity contribution in [3.05, 3.63) is 68.2 Å². The van der Waals surface area contributed by atoms with Crippen molar-refractivity contribution in [1.29, 1.82) is 0 Å². The van der Waals surface area contributed by atoms with E-state index < -0.39 is 23.0 Å². The van der Waals surface area contributed by atoms with Crippen molar-refractivity contribution >= 4 is 5.91 Å². The maximum Gasteiger partial charge on any atom is 0.328 e. The van der Waals surface area contributed by atoms with E-state index in [2.05, 4.69) is 15.2 Å². The zero-order valence-corrected chi connectivity index (χ0v) is 14.7. The third-order valence-corrected chi connectivity index (χ3v) is 4.41. The number of benzene rings is 1. The van der Waals surface area contributed by atoms with Gasteiger partial charge in [-0.15, -0.1) is 0 Å². The maximum atomic E-state index is 13.8. The summed E-state index contributed by atoms with van der Waals surface area (Å²) < 4.78 is 19.9. The van der Waals surface area contributed by atoms with E-state index in [1.807, 2.05) is 0 Å². The van der Waals surface area contributed by atoms with Gasteiger partial charge in [0.15, 0.2) is 0 Å². The molecule has 1 amide bonds. The molecule has 27 heavy (non-hydrogen) atoms. The largest absolute Gasteiger partial charge is 0.379 e. The lowest BCUT2D eigenvalue weighted by molar-refractivity contribution is 0.0383. The number of morpholine rings is 1. The zero-order chi connectivity index (χ0) is 19.2. The average Bonchev–Trinajstić information content (AvgIpc) is 2.67. The molecular weight excluding hydrogens is 355 g/mol. The highest BCUT2D eigenvalue weighted by Gasteiger charge is 2.16. The van der Waals surface area contributed by atoms with Crippen LogP contribution in [0.1, 0.15) is 15.9 Å². The van der Waals surface area contributed by atoms with Crippen LogP contribution in [-0.2, 0) is 11.3 Å². The molecule has 0 atom stereocenters. The summed E-state index contributed by atoms with van der Waals surface area (Å²) in [5.74, 6) is -1.10. The topological polar surface area (TPSA) is 96.4 Å². The fourth-order valence-corrected chi connectivity index (χ4v) is 2.86. The van der Waals surface area contributed by atoms with E-state index in [9.17, 15) is 18.8 Å². The molecule has 0 aliphatic carbocycles. The number of rotatable bonds is 6. The Morgan fingerprint density at radius 1 is 1.22 bits per heavy atom. The SMILES string of the molecule is O=C(NCCN1CCOCC1)c1c[nH]c(=O)n(Cc2ccccc2F)c1=O. The normalized spacial score (nSPS) is 14.9. The Hall–Kier alpha value is -2.78. The fraction of sp³-hybridized carbons (Fsp3) is 0.389. The first kappa shape index (κ1) is 19.0. The van der Waals surface area contributed by atoms with Crippen molar-refractivity contribution < 1.29 is 13.9 Å². The minimum absolute atomic E-state index is 0.187. The molecule has 0 unspecified atom stereocenters. The van der Waals surface area contributed by atoms with Crippen LogP contribution in [0.15, 0.2) is 40.1 Å². The zero-order valence-electron chi connectivity index (χ0n) is 14.7. The Bertz CT molecular complexity index is 918. The molecule has 1 aromatic carbocycles. The van der Waals surface area contributed by atoms with Crippen molar-refractivity contribution in [2.24, 2.45) is 0 Å². The highest BCUT2D eigenvalue weighted by Crippen LogP contribution is 2.06. The molecule has 2 aromatic rings. The van der Waals surface area contributed by atoms with Gasteiger partial charge in [-0.3, -0.25) is 19.1 Å². The molecule has 2 N–H and O–H groups in total. The Morgan fingerprint density at radius 2 is 1.96 bits per heavy atom. The van der Waals surface area contributed by atoms with Crippen LogP contribution >= 0.6 is 0 Å². The number of ether oxygens (including phenoxy) is 1. The summed E-state index contributed by atoms with van der Waals surface area (Å²) in [5, 5.41) is 2.68. The number of halogens is 1. The first-order valence-electron chi connectivity index (χ1n) is 8.70. The highest BCUT2D eigenvalue weighted by atomic mass is 19.1. The van der Waals surface area contributed by atoms with Crippen LogP contribution in [0.2, 0.25) is 0 Å². The summed E-state index contributed by atoms with van der Waals surface area (Å²) in [6.45, 7) is 3.67. The fourth-order valence-electron chi connectivity index (χ4n) is 2.86. The van der Waals surface area contributed by atoms with Crippen molar-refractivity contribution in [2.75, 3.05) is 39.4 Å². The van der Waals surface area contributed by atoms with Gasteiger partial charge in [-0.25, -0.2) is 9.18 Å². The Balaban J connectivity index is 1.70.